The maximum atomic E-state index is 11.5. The first-order chi connectivity index (χ1) is 19.4. The Morgan fingerprint density at radius 2 is 1.34 bits per heavy atom. The van der Waals surface area contributed by atoms with Crippen molar-refractivity contribution in [2.24, 2.45) is 0 Å². The van der Waals surface area contributed by atoms with E-state index in [1.807, 2.05) is 6.92 Å². The van der Waals surface area contributed by atoms with Crippen molar-refractivity contribution in [3.63, 3.8) is 0 Å². The van der Waals surface area contributed by atoms with E-state index in [9.17, 15) is 22.9 Å². The molecule has 4 rings (SSSR count). The van der Waals surface area contributed by atoms with Crippen LogP contribution in [0.15, 0.2) is 123 Å². The SMILES string of the molecule is CC(C)(C)c1ccc([S+](c2ccccc2)c2ccccc2)cc1.CCCCOC(=O)c1ccc(S(=O)(=O)[O-])c(O)c1. The molecule has 0 radical (unpaired) electrons. The number of unbranched alkanes of at least 4 members (excludes halogenated alkanes) is 1. The normalized spacial score (nSPS) is 11.5. The fourth-order valence-corrected chi connectivity index (χ4v) is 6.49. The van der Waals surface area contributed by atoms with Gasteiger partial charge in [0.15, 0.2) is 14.7 Å². The standard InChI is InChI=1S/C22H23S.C11H14O6S/c1-22(2,3)18-14-16-21(17-15-18)23(19-10-6-4-7-11-19)20-12-8-5-9-13-20;1-2-3-6-17-11(13)8-4-5-10(9(12)7-8)18(14,15)16/h4-17H,1-3H3;4-5,7,12H,2-3,6H2,1H3,(H,14,15,16)/q+1;/p-1. The molecule has 0 saturated heterocycles. The maximum absolute atomic E-state index is 11.5. The molecule has 0 saturated carbocycles. The third-order valence-corrected chi connectivity index (χ3v) is 9.22. The minimum Gasteiger partial charge on any atom is -0.744 e. The van der Waals surface area contributed by atoms with Gasteiger partial charge in [0.2, 0.25) is 0 Å². The van der Waals surface area contributed by atoms with Crippen LogP contribution in [0.1, 0.15) is 56.5 Å². The van der Waals surface area contributed by atoms with E-state index >= 15 is 0 Å². The molecule has 1 N–H and O–H groups in total. The molecule has 6 nitrogen and oxygen atoms in total. The van der Waals surface area contributed by atoms with Crippen molar-refractivity contribution in [1.29, 1.82) is 0 Å². The van der Waals surface area contributed by atoms with E-state index < -0.39 is 26.7 Å². The zero-order valence-corrected chi connectivity index (χ0v) is 25.4. The van der Waals surface area contributed by atoms with Gasteiger partial charge >= 0.3 is 5.97 Å². The van der Waals surface area contributed by atoms with Crippen molar-refractivity contribution >= 4 is 27.0 Å². The van der Waals surface area contributed by atoms with E-state index in [2.05, 4.69) is 106 Å². The van der Waals surface area contributed by atoms with Gasteiger partial charge in [0.1, 0.15) is 15.9 Å². The summed E-state index contributed by atoms with van der Waals surface area (Å²) in [6.07, 6.45) is 1.58. The van der Waals surface area contributed by atoms with Crippen molar-refractivity contribution < 1.29 is 27.6 Å². The average Bonchev–Trinajstić information content (AvgIpc) is 2.94. The van der Waals surface area contributed by atoms with Gasteiger partial charge in [-0.05, 0) is 72.0 Å². The second-order valence-corrected chi connectivity index (χ2v) is 13.7. The van der Waals surface area contributed by atoms with Crippen molar-refractivity contribution in [3.05, 3.63) is 114 Å². The summed E-state index contributed by atoms with van der Waals surface area (Å²) >= 11 is 0. The van der Waals surface area contributed by atoms with Crippen molar-refractivity contribution in [2.45, 2.75) is 65.5 Å². The predicted molar refractivity (Wildman–Crippen MR) is 161 cm³/mol. The Morgan fingerprint density at radius 1 is 0.829 bits per heavy atom. The highest BCUT2D eigenvalue weighted by Crippen LogP contribution is 2.32. The molecule has 0 bridgehead atoms. The number of carbonyl (C=O) groups excluding carboxylic acids is 1. The number of carbonyl (C=O) groups is 1. The molecule has 0 heterocycles. The lowest BCUT2D eigenvalue weighted by Crippen LogP contribution is -2.11. The third-order valence-electron chi connectivity index (χ3n) is 6.11. The Bertz CT molecular complexity index is 1470. The average molecular weight is 593 g/mol. The number of rotatable bonds is 8. The number of benzene rings is 4. The summed E-state index contributed by atoms with van der Waals surface area (Å²) in [4.78, 5) is 14.8. The van der Waals surface area contributed by atoms with Gasteiger partial charge in [-0.25, -0.2) is 13.2 Å². The van der Waals surface area contributed by atoms with Crippen LogP contribution in [0.5, 0.6) is 5.75 Å². The minimum atomic E-state index is -4.75. The van der Waals surface area contributed by atoms with Gasteiger partial charge in [-0.2, -0.15) is 0 Å². The topological polar surface area (TPSA) is 104 Å². The van der Waals surface area contributed by atoms with Crippen LogP contribution >= 0.6 is 0 Å². The first-order valence-electron chi connectivity index (χ1n) is 13.3. The van der Waals surface area contributed by atoms with Gasteiger partial charge in [-0.15, -0.1) is 0 Å². The monoisotopic (exact) mass is 592 g/mol. The highest BCUT2D eigenvalue weighted by molar-refractivity contribution is 7.97. The maximum Gasteiger partial charge on any atom is 0.338 e. The van der Waals surface area contributed by atoms with Crippen LogP contribution in [0.25, 0.3) is 0 Å². The molecule has 0 aliphatic carbocycles. The summed E-state index contributed by atoms with van der Waals surface area (Å²) in [5.74, 6) is -1.43. The van der Waals surface area contributed by atoms with Crippen LogP contribution in [0.2, 0.25) is 0 Å². The molecule has 0 aromatic heterocycles. The molecule has 0 amide bonds. The van der Waals surface area contributed by atoms with E-state index in [1.54, 1.807) is 0 Å². The molecule has 0 unspecified atom stereocenters. The van der Waals surface area contributed by atoms with Gasteiger partial charge in [-0.1, -0.05) is 82.6 Å². The van der Waals surface area contributed by atoms with Crippen molar-refractivity contribution in [3.8, 4) is 5.75 Å². The molecule has 41 heavy (non-hydrogen) atoms. The lowest BCUT2D eigenvalue weighted by atomic mass is 9.87. The molecule has 0 fully saturated rings. The van der Waals surface area contributed by atoms with Crippen LogP contribution in [0, 0.1) is 0 Å². The second kappa shape index (κ2) is 14.3. The summed E-state index contributed by atoms with van der Waals surface area (Å²) in [6.45, 7) is 8.97. The van der Waals surface area contributed by atoms with Gasteiger partial charge in [0.05, 0.1) is 28.0 Å². The van der Waals surface area contributed by atoms with Crippen LogP contribution in [-0.2, 0) is 31.2 Å². The zero-order chi connectivity index (χ0) is 30.0. The van der Waals surface area contributed by atoms with Crippen LogP contribution in [-0.4, -0.2) is 30.7 Å². The van der Waals surface area contributed by atoms with Crippen molar-refractivity contribution in [2.75, 3.05) is 6.61 Å². The molecule has 0 aliphatic rings. The van der Waals surface area contributed by atoms with E-state index in [0.29, 0.717) is 6.42 Å². The first kappa shape index (κ1) is 31.9. The Balaban J connectivity index is 0.000000233. The lowest BCUT2D eigenvalue weighted by molar-refractivity contribution is 0.0499. The van der Waals surface area contributed by atoms with Crippen LogP contribution in [0.4, 0.5) is 0 Å². The third kappa shape index (κ3) is 9.21. The van der Waals surface area contributed by atoms with E-state index in [4.69, 9.17) is 4.74 Å². The predicted octanol–water partition coefficient (Wildman–Crippen LogP) is 7.33. The van der Waals surface area contributed by atoms with E-state index in [-0.39, 0.29) is 28.5 Å². The number of esters is 1. The Kier molecular flexibility index (Phi) is 11.2. The largest absolute Gasteiger partial charge is 0.744 e. The van der Waals surface area contributed by atoms with Crippen LogP contribution < -0.4 is 0 Å². The zero-order valence-electron chi connectivity index (χ0n) is 23.7. The smallest absolute Gasteiger partial charge is 0.338 e. The minimum absolute atomic E-state index is 0.00370. The quantitative estimate of drug-likeness (QED) is 0.0994. The summed E-state index contributed by atoms with van der Waals surface area (Å²) in [7, 11) is -4.80. The fraction of sp³-hybridized carbons (Fsp3) is 0.242. The Morgan fingerprint density at radius 3 is 1.78 bits per heavy atom. The fourth-order valence-electron chi connectivity index (χ4n) is 3.86. The van der Waals surface area contributed by atoms with Crippen molar-refractivity contribution in [1.82, 2.24) is 0 Å². The molecule has 4 aromatic rings. The summed E-state index contributed by atoms with van der Waals surface area (Å²) in [5, 5.41) is 9.36. The molecule has 0 spiro atoms. The Hall–Kier alpha value is -3.59. The lowest BCUT2D eigenvalue weighted by Gasteiger charge is -2.19. The highest BCUT2D eigenvalue weighted by atomic mass is 32.2. The number of ether oxygens (including phenoxy) is 1. The highest BCUT2D eigenvalue weighted by Gasteiger charge is 2.28. The molecule has 0 atom stereocenters. The number of hydrogen-bond donors (Lipinski definition) is 1. The summed E-state index contributed by atoms with van der Waals surface area (Å²) in [6, 6.07) is 33.6. The number of phenolic OH excluding ortho intramolecular Hbond substituents is 1. The molecule has 216 valence electrons. The molecule has 0 aliphatic heterocycles. The van der Waals surface area contributed by atoms with Gasteiger partial charge in [0.25, 0.3) is 0 Å². The summed E-state index contributed by atoms with van der Waals surface area (Å²) in [5.41, 5.74) is 1.57. The number of hydrogen-bond acceptors (Lipinski definition) is 6. The Labute approximate surface area is 246 Å². The molecular formula is C33H36O6S2. The van der Waals surface area contributed by atoms with Crippen LogP contribution in [0.3, 0.4) is 0 Å². The second-order valence-electron chi connectivity index (χ2n) is 10.3. The molecule has 4 aromatic carbocycles. The van der Waals surface area contributed by atoms with E-state index in [0.717, 1.165) is 24.6 Å². The summed E-state index contributed by atoms with van der Waals surface area (Å²) < 4.78 is 37.0. The molecular weight excluding hydrogens is 556 g/mol. The number of aromatic hydroxyl groups is 1. The number of phenols is 1. The van der Waals surface area contributed by atoms with Gasteiger partial charge in [0, 0.05) is 0 Å². The molecule has 8 heteroatoms. The van der Waals surface area contributed by atoms with E-state index in [1.165, 1.54) is 20.2 Å². The van der Waals surface area contributed by atoms with Gasteiger partial charge < -0.3 is 14.4 Å². The first-order valence-corrected chi connectivity index (χ1v) is 16.0. The van der Waals surface area contributed by atoms with Gasteiger partial charge in [-0.3, -0.25) is 0 Å².